The van der Waals surface area contributed by atoms with E-state index in [4.69, 9.17) is 0 Å². The van der Waals surface area contributed by atoms with E-state index in [1.54, 1.807) is 11.8 Å². The van der Waals surface area contributed by atoms with Crippen LogP contribution in [0.25, 0.3) is 0 Å². The highest BCUT2D eigenvalue weighted by molar-refractivity contribution is 7.98. The summed E-state index contributed by atoms with van der Waals surface area (Å²) in [5.41, 5.74) is 0.573. The number of piperazine rings is 1. The molecule has 2 heterocycles. The molecule has 2 atom stereocenters. The number of nitrogens with zero attached hydrogens (tertiary/aromatic N) is 3. The fourth-order valence-corrected chi connectivity index (χ4v) is 4.26. The van der Waals surface area contributed by atoms with Gasteiger partial charge in [0, 0.05) is 44.8 Å². The molecule has 0 spiro atoms. The Morgan fingerprint density at radius 3 is 2.50 bits per heavy atom. The third-order valence-corrected chi connectivity index (χ3v) is 6.32. The molecular formula is C21H29FN4O3S. The highest BCUT2D eigenvalue weighted by atomic mass is 32.2. The maximum atomic E-state index is 13.2. The van der Waals surface area contributed by atoms with Crippen LogP contribution in [-0.4, -0.2) is 85.3 Å². The van der Waals surface area contributed by atoms with E-state index in [-0.39, 0.29) is 36.5 Å². The zero-order chi connectivity index (χ0) is 21.7. The number of likely N-dealkylation sites (N-methyl/N-ethyl adjacent to an activating group) is 1. The summed E-state index contributed by atoms with van der Waals surface area (Å²) in [6, 6.07) is 5.08. The molecule has 30 heavy (non-hydrogen) atoms. The summed E-state index contributed by atoms with van der Waals surface area (Å²) in [4.78, 5) is 43.8. The normalized spacial score (nSPS) is 21.0. The topological polar surface area (TPSA) is 73.0 Å². The molecule has 9 heteroatoms. The number of nitrogens with one attached hydrogen (secondary N) is 1. The predicted octanol–water partition coefficient (Wildman–Crippen LogP) is 1.19. The molecule has 1 N–H and O–H groups in total. The van der Waals surface area contributed by atoms with Crippen LogP contribution in [0.3, 0.4) is 0 Å². The summed E-state index contributed by atoms with van der Waals surface area (Å²) < 4.78 is 13.2. The van der Waals surface area contributed by atoms with Gasteiger partial charge >= 0.3 is 0 Å². The molecule has 2 fully saturated rings. The lowest BCUT2D eigenvalue weighted by atomic mass is 10.1. The molecular weight excluding hydrogens is 407 g/mol. The van der Waals surface area contributed by atoms with Crippen molar-refractivity contribution in [2.24, 2.45) is 5.92 Å². The van der Waals surface area contributed by atoms with E-state index in [9.17, 15) is 18.8 Å². The van der Waals surface area contributed by atoms with Gasteiger partial charge in [-0.1, -0.05) is 0 Å². The van der Waals surface area contributed by atoms with Crippen molar-refractivity contribution in [2.75, 3.05) is 56.7 Å². The third-order valence-electron chi connectivity index (χ3n) is 5.67. The minimum Gasteiger partial charge on any atom is -0.344 e. The smallest absolute Gasteiger partial charge is 0.245 e. The summed E-state index contributed by atoms with van der Waals surface area (Å²) in [5.74, 6) is -0.645. The SMILES string of the molecule is CSCCC(NC(=O)C1CC(=O)N(c2ccc(F)cc2)C1)C(=O)N1CCN(C)CC1. The van der Waals surface area contributed by atoms with Gasteiger partial charge in [-0.3, -0.25) is 14.4 Å². The van der Waals surface area contributed by atoms with Crippen molar-refractivity contribution < 1.29 is 18.8 Å². The summed E-state index contributed by atoms with van der Waals surface area (Å²) in [6.07, 6.45) is 2.61. The van der Waals surface area contributed by atoms with Gasteiger partial charge in [0.2, 0.25) is 17.7 Å². The van der Waals surface area contributed by atoms with Crippen molar-refractivity contribution in [3.63, 3.8) is 0 Å². The Morgan fingerprint density at radius 1 is 1.20 bits per heavy atom. The van der Waals surface area contributed by atoms with Crippen LogP contribution < -0.4 is 10.2 Å². The van der Waals surface area contributed by atoms with Gasteiger partial charge in [0.15, 0.2) is 0 Å². The Labute approximate surface area is 180 Å². The highest BCUT2D eigenvalue weighted by Crippen LogP contribution is 2.25. The van der Waals surface area contributed by atoms with Crippen molar-refractivity contribution in [1.82, 2.24) is 15.1 Å². The van der Waals surface area contributed by atoms with E-state index in [1.807, 2.05) is 18.2 Å². The minimum absolute atomic E-state index is 0.0507. The lowest BCUT2D eigenvalue weighted by Crippen LogP contribution is -2.55. The van der Waals surface area contributed by atoms with Crippen molar-refractivity contribution in [3.8, 4) is 0 Å². The van der Waals surface area contributed by atoms with Gasteiger partial charge in [-0.05, 0) is 49.7 Å². The van der Waals surface area contributed by atoms with E-state index in [1.165, 1.54) is 29.2 Å². The summed E-state index contributed by atoms with van der Waals surface area (Å²) in [5, 5.41) is 2.91. The fourth-order valence-electron chi connectivity index (χ4n) is 3.78. The molecule has 0 radical (unpaired) electrons. The monoisotopic (exact) mass is 436 g/mol. The van der Waals surface area contributed by atoms with E-state index in [2.05, 4.69) is 10.2 Å². The second kappa shape index (κ2) is 10.3. The number of thioether (sulfide) groups is 1. The molecule has 164 valence electrons. The second-order valence-electron chi connectivity index (χ2n) is 7.85. The highest BCUT2D eigenvalue weighted by Gasteiger charge is 2.37. The first-order chi connectivity index (χ1) is 14.4. The van der Waals surface area contributed by atoms with Crippen molar-refractivity contribution in [1.29, 1.82) is 0 Å². The van der Waals surface area contributed by atoms with Gasteiger partial charge in [0.25, 0.3) is 0 Å². The third kappa shape index (κ3) is 5.51. The Hall–Kier alpha value is -2.13. The summed E-state index contributed by atoms with van der Waals surface area (Å²) in [6.45, 7) is 3.17. The molecule has 3 rings (SSSR count). The quantitative estimate of drug-likeness (QED) is 0.695. The number of rotatable bonds is 7. The Balaban J connectivity index is 1.63. The lowest BCUT2D eigenvalue weighted by molar-refractivity contribution is -0.138. The van der Waals surface area contributed by atoms with Gasteiger partial charge in [-0.2, -0.15) is 11.8 Å². The maximum absolute atomic E-state index is 13.2. The summed E-state index contributed by atoms with van der Waals surface area (Å²) >= 11 is 1.63. The number of hydrogen-bond donors (Lipinski definition) is 1. The standard InChI is InChI=1S/C21H29FN4O3S/c1-24-8-10-25(11-9-24)21(29)18(7-12-30-2)23-20(28)15-13-19(27)26(14-15)17-5-3-16(22)4-6-17/h3-6,15,18H,7-14H2,1-2H3,(H,23,28). The number of hydrogen-bond acceptors (Lipinski definition) is 5. The van der Waals surface area contributed by atoms with Crippen molar-refractivity contribution >= 4 is 35.2 Å². The second-order valence-corrected chi connectivity index (χ2v) is 8.84. The maximum Gasteiger partial charge on any atom is 0.245 e. The molecule has 2 saturated heterocycles. The predicted molar refractivity (Wildman–Crippen MR) is 116 cm³/mol. The number of halogens is 1. The first-order valence-electron chi connectivity index (χ1n) is 10.2. The number of amides is 3. The van der Waals surface area contributed by atoms with Crippen LogP contribution in [0.1, 0.15) is 12.8 Å². The van der Waals surface area contributed by atoms with Crippen LogP contribution >= 0.6 is 11.8 Å². The molecule has 0 bridgehead atoms. The van der Waals surface area contributed by atoms with Crippen LogP contribution in [0.4, 0.5) is 10.1 Å². The largest absolute Gasteiger partial charge is 0.344 e. The zero-order valence-corrected chi connectivity index (χ0v) is 18.3. The van der Waals surface area contributed by atoms with Crippen LogP contribution in [0.2, 0.25) is 0 Å². The van der Waals surface area contributed by atoms with Crippen LogP contribution in [0, 0.1) is 11.7 Å². The minimum atomic E-state index is -0.580. The molecule has 2 aliphatic heterocycles. The average Bonchev–Trinajstić information content (AvgIpc) is 3.13. The first kappa shape index (κ1) is 22.6. The number of anilines is 1. The van der Waals surface area contributed by atoms with Gasteiger partial charge in [-0.15, -0.1) is 0 Å². The first-order valence-corrected chi connectivity index (χ1v) is 11.6. The average molecular weight is 437 g/mol. The number of benzene rings is 1. The lowest BCUT2D eigenvalue weighted by Gasteiger charge is -2.35. The molecule has 1 aromatic rings. The molecule has 0 aliphatic carbocycles. The zero-order valence-electron chi connectivity index (χ0n) is 17.5. The molecule has 2 unspecified atom stereocenters. The van der Waals surface area contributed by atoms with Crippen molar-refractivity contribution in [2.45, 2.75) is 18.9 Å². The molecule has 1 aromatic carbocycles. The van der Waals surface area contributed by atoms with E-state index >= 15 is 0 Å². The van der Waals surface area contributed by atoms with Gasteiger partial charge in [0.05, 0.1) is 5.92 Å². The van der Waals surface area contributed by atoms with Crippen LogP contribution in [0.5, 0.6) is 0 Å². The van der Waals surface area contributed by atoms with Gasteiger partial charge < -0.3 is 20.0 Å². The molecule has 0 saturated carbocycles. The molecule has 0 aromatic heterocycles. The Kier molecular flexibility index (Phi) is 7.71. The molecule has 7 nitrogen and oxygen atoms in total. The van der Waals surface area contributed by atoms with Gasteiger partial charge in [-0.25, -0.2) is 4.39 Å². The van der Waals surface area contributed by atoms with Crippen LogP contribution in [0.15, 0.2) is 24.3 Å². The van der Waals surface area contributed by atoms with E-state index in [0.29, 0.717) is 25.2 Å². The summed E-state index contributed by atoms with van der Waals surface area (Å²) in [7, 11) is 2.03. The van der Waals surface area contributed by atoms with E-state index in [0.717, 1.165) is 18.8 Å². The Bertz CT molecular complexity index is 768. The molecule has 3 amide bonds. The van der Waals surface area contributed by atoms with Gasteiger partial charge in [0.1, 0.15) is 11.9 Å². The Morgan fingerprint density at radius 2 is 1.87 bits per heavy atom. The fraction of sp³-hybridized carbons (Fsp3) is 0.571. The van der Waals surface area contributed by atoms with E-state index < -0.39 is 12.0 Å². The van der Waals surface area contributed by atoms with Crippen LogP contribution in [-0.2, 0) is 14.4 Å². The van der Waals surface area contributed by atoms with Crippen molar-refractivity contribution in [3.05, 3.63) is 30.1 Å². The number of carbonyl (C=O) groups excluding carboxylic acids is 3. The number of carbonyl (C=O) groups is 3. The molecule has 2 aliphatic rings.